The van der Waals surface area contributed by atoms with Crippen LogP contribution >= 0.6 is 38.5 Å². The fraction of sp³-hybridized carbons (Fsp3) is 0.125. The van der Waals surface area contributed by atoms with E-state index in [1.165, 1.54) is 0 Å². The average Bonchev–Trinajstić information content (AvgIpc) is 2.44. The predicted molar refractivity (Wildman–Crippen MR) is 99.1 cm³/mol. The van der Waals surface area contributed by atoms with Crippen molar-refractivity contribution in [3.63, 3.8) is 0 Å². The van der Waals surface area contributed by atoms with Crippen LogP contribution in [0.15, 0.2) is 57.9 Å². The molecule has 0 radical (unpaired) electrons. The van der Waals surface area contributed by atoms with Crippen LogP contribution in [-0.2, 0) is 9.84 Å². The Morgan fingerprint density at radius 2 is 1.81 bits per heavy atom. The number of sulfone groups is 1. The minimum Gasteiger partial charge on any atom is -0.223 e. The van der Waals surface area contributed by atoms with Gasteiger partial charge in [0, 0.05) is 8.04 Å². The molecule has 2 aromatic rings. The third-order valence-corrected chi connectivity index (χ3v) is 6.49. The van der Waals surface area contributed by atoms with Crippen molar-refractivity contribution in [2.24, 2.45) is 0 Å². The van der Waals surface area contributed by atoms with Crippen LogP contribution in [0.1, 0.15) is 11.1 Å². The van der Waals surface area contributed by atoms with Crippen LogP contribution in [0.3, 0.4) is 0 Å². The summed E-state index contributed by atoms with van der Waals surface area (Å²) in [7, 11) is -3.29. The molecule has 0 aliphatic carbocycles. The summed E-state index contributed by atoms with van der Waals surface area (Å²) in [5.41, 5.74) is 1.79. The fourth-order valence-corrected chi connectivity index (χ4v) is 4.24. The van der Waals surface area contributed by atoms with Gasteiger partial charge in [0.2, 0.25) is 0 Å². The number of hydrogen-bond donors (Lipinski definition) is 0. The number of rotatable bonds is 4. The van der Waals surface area contributed by atoms with Gasteiger partial charge in [0.1, 0.15) is 0 Å². The molecule has 0 N–H and O–H groups in total. The monoisotopic (exact) mass is 476 g/mol. The zero-order chi connectivity index (χ0) is 15.5. The van der Waals surface area contributed by atoms with Crippen molar-refractivity contribution in [1.29, 1.82) is 0 Å². The normalized spacial score (nSPS) is 12.0. The SMILES string of the molecule is Cc1c(I)cccc1S(=O)(=O)C/C=C/c1ccc(Br)cc1. The van der Waals surface area contributed by atoms with Crippen LogP contribution in [0.2, 0.25) is 0 Å². The van der Waals surface area contributed by atoms with Crippen LogP contribution in [0, 0.1) is 10.5 Å². The molecule has 0 aliphatic heterocycles. The maximum Gasteiger partial charge on any atom is 0.182 e. The van der Waals surface area contributed by atoms with E-state index in [2.05, 4.69) is 38.5 Å². The Hall–Kier alpha value is -0.660. The standard InChI is InChI=1S/C16H14BrIO2S/c1-12-15(18)5-2-6-16(12)21(19,20)11-3-4-13-7-9-14(17)10-8-13/h2-10H,11H2,1H3/b4-3+. The van der Waals surface area contributed by atoms with Crippen molar-refractivity contribution in [1.82, 2.24) is 0 Å². The van der Waals surface area contributed by atoms with E-state index < -0.39 is 9.84 Å². The molecular formula is C16H14BrIO2S. The second-order valence-corrected chi connectivity index (χ2v) is 8.68. The largest absolute Gasteiger partial charge is 0.223 e. The van der Waals surface area contributed by atoms with Crippen LogP contribution in [0.25, 0.3) is 6.08 Å². The lowest BCUT2D eigenvalue weighted by atomic mass is 10.2. The Bertz CT molecular complexity index is 765. The highest BCUT2D eigenvalue weighted by Crippen LogP contribution is 2.21. The van der Waals surface area contributed by atoms with Crippen molar-refractivity contribution in [2.45, 2.75) is 11.8 Å². The summed E-state index contributed by atoms with van der Waals surface area (Å²) >= 11 is 5.52. The Balaban J connectivity index is 2.18. The molecule has 0 amide bonds. The highest BCUT2D eigenvalue weighted by molar-refractivity contribution is 14.1. The van der Waals surface area contributed by atoms with Gasteiger partial charge in [-0.05, 0) is 64.9 Å². The van der Waals surface area contributed by atoms with Crippen LogP contribution < -0.4 is 0 Å². The first-order chi connectivity index (χ1) is 9.90. The van der Waals surface area contributed by atoms with Gasteiger partial charge in [0.05, 0.1) is 10.6 Å². The predicted octanol–water partition coefficient (Wildman–Crippen LogP) is 4.85. The molecule has 5 heteroatoms. The highest BCUT2D eigenvalue weighted by Gasteiger charge is 2.16. The van der Waals surface area contributed by atoms with Crippen LogP contribution in [0.5, 0.6) is 0 Å². The Labute approximate surface area is 147 Å². The Morgan fingerprint density at radius 3 is 2.48 bits per heavy atom. The van der Waals surface area contributed by atoms with E-state index in [0.717, 1.165) is 19.2 Å². The smallest absolute Gasteiger partial charge is 0.182 e. The zero-order valence-electron chi connectivity index (χ0n) is 11.4. The molecule has 2 nitrogen and oxygen atoms in total. The van der Waals surface area contributed by atoms with Gasteiger partial charge in [-0.15, -0.1) is 0 Å². The zero-order valence-corrected chi connectivity index (χ0v) is 15.9. The molecule has 0 spiro atoms. The van der Waals surface area contributed by atoms with Gasteiger partial charge >= 0.3 is 0 Å². The summed E-state index contributed by atoms with van der Waals surface area (Å²) in [6.45, 7) is 1.84. The van der Waals surface area contributed by atoms with Gasteiger partial charge in [0.25, 0.3) is 0 Å². The summed E-state index contributed by atoms with van der Waals surface area (Å²) < 4.78 is 26.7. The second-order valence-electron chi connectivity index (χ2n) is 4.60. The minimum absolute atomic E-state index is 0.00397. The van der Waals surface area contributed by atoms with E-state index in [9.17, 15) is 8.42 Å². The summed E-state index contributed by atoms with van der Waals surface area (Å²) in [6.07, 6.45) is 3.52. The molecule has 0 atom stereocenters. The number of halogens is 2. The minimum atomic E-state index is -3.29. The average molecular weight is 477 g/mol. The Kier molecular flexibility index (Phi) is 5.62. The van der Waals surface area contributed by atoms with Gasteiger partial charge in [-0.25, -0.2) is 8.42 Å². The van der Waals surface area contributed by atoms with Crippen molar-refractivity contribution >= 4 is 54.4 Å². The summed E-state index contributed by atoms with van der Waals surface area (Å²) in [5, 5.41) is 0. The molecule has 0 bridgehead atoms. The first kappa shape index (κ1) is 16.7. The summed E-state index contributed by atoms with van der Waals surface area (Å²) in [6, 6.07) is 13.1. The molecule has 2 aromatic carbocycles. The molecule has 110 valence electrons. The van der Waals surface area contributed by atoms with E-state index in [-0.39, 0.29) is 5.75 Å². The molecule has 0 unspecified atom stereocenters. The van der Waals surface area contributed by atoms with Crippen LogP contribution in [-0.4, -0.2) is 14.2 Å². The van der Waals surface area contributed by atoms with Gasteiger partial charge in [-0.1, -0.05) is 46.3 Å². The molecule has 0 saturated carbocycles. The van der Waals surface area contributed by atoms with E-state index in [1.807, 2.05) is 43.3 Å². The lowest BCUT2D eigenvalue weighted by Crippen LogP contribution is -2.07. The van der Waals surface area contributed by atoms with E-state index in [1.54, 1.807) is 18.2 Å². The van der Waals surface area contributed by atoms with Crippen molar-refractivity contribution in [3.8, 4) is 0 Å². The maximum absolute atomic E-state index is 12.4. The highest BCUT2D eigenvalue weighted by atomic mass is 127. The molecule has 0 aromatic heterocycles. The fourth-order valence-electron chi connectivity index (χ4n) is 1.90. The molecular weight excluding hydrogens is 463 g/mol. The summed E-state index contributed by atoms with van der Waals surface area (Å²) in [4.78, 5) is 0.412. The van der Waals surface area contributed by atoms with E-state index in [0.29, 0.717) is 4.90 Å². The quantitative estimate of drug-likeness (QED) is 0.591. The third kappa shape index (κ3) is 4.40. The van der Waals surface area contributed by atoms with E-state index >= 15 is 0 Å². The number of benzene rings is 2. The van der Waals surface area contributed by atoms with E-state index in [4.69, 9.17) is 0 Å². The molecule has 0 saturated heterocycles. The maximum atomic E-state index is 12.4. The molecule has 0 aliphatic rings. The number of hydrogen-bond acceptors (Lipinski definition) is 2. The van der Waals surface area contributed by atoms with Gasteiger partial charge in [0.15, 0.2) is 9.84 Å². The van der Waals surface area contributed by atoms with Crippen LogP contribution in [0.4, 0.5) is 0 Å². The summed E-state index contributed by atoms with van der Waals surface area (Å²) in [5.74, 6) is 0.00397. The van der Waals surface area contributed by atoms with Gasteiger partial charge < -0.3 is 0 Å². The first-order valence-electron chi connectivity index (χ1n) is 6.30. The third-order valence-electron chi connectivity index (χ3n) is 3.05. The van der Waals surface area contributed by atoms with Crippen molar-refractivity contribution < 1.29 is 8.42 Å². The molecule has 0 heterocycles. The Morgan fingerprint density at radius 1 is 1.14 bits per heavy atom. The lowest BCUT2D eigenvalue weighted by molar-refractivity contribution is 0.598. The van der Waals surface area contributed by atoms with Gasteiger partial charge in [-0.3, -0.25) is 0 Å². The molecule has 21 heavy (non-hydrogen) atoms. The molecule has 0 fully saturated rings. The lowest BCUT2D eigenvalue weighted by Gasteiger charge is -2.07. The van der Waals surface area contributed by atoms with Crippen molar-refractivity contribution in [2.75, 3.05) is 5.75 Å². The molecule has 2 rings (SSSR count). The van der Waals surface area contributed by atoms with Crippen molar-refractivity contribution in [3.05, 3.63) is 67.7 Å². The first-order valence-corrected chi connectivity index (χ1v) is 9.82. The second kappa shape index (κ2) is 7.07. The van der Waals surface area contributed by atoms with Gasteiger partial charge in [-0.2, -0.15) is 0 Å². The topological polar surface area (TPSA) is 34.1 Å².